The molecular weight excluding hydrogens is 184 g/mol. The van der Waals surface area contributed by atoms with E-state index in [0.29, 0.717) is 0 Å². The van der Waals surface area contributed by atoms with Gasteiger partial charge in [-0.3, -0.25) is 0 Å². The number of nitrogens with two attached hydrogens (primary N) is 1. The number of anilines is 1. The fourth-order valence-corrected chi connectivity index (χ4v) is 1.90. The molecule has 2 nitrogen and oxygen atoms in total. The average molecular weight is 206 g/mol. The van der Waals surface area contributed by atoms with E-state index in [2.05, 4.69) is 43.9 Å². The van der Waals surface area contributed by atoms with Crippen molar-refractivity contribution in [1.29, 1.82) is 0 Å². The first-order valence-corrected chi connectivity index (χ1v) is 5.61. The van der Waals surface area contributed by atoms with E-state index in [-0.39, 0.29) is 6.04 Å². The molecule has 84 valence electrons. The molecule has 0 heterocycles. The minimum Gasteiger partial charge on any atom is -0.370 e. The third-order valence-electron chi connectivity index (χ3n) is 2.46. The summed E-state index contributed by atoms with van der Waals surface area (Å²) in [6, 6.07) is 6.85. The van der Waals surface area contributed by atoms with Crippen LogP contribution in [0.5, 0.6) is 0 Å². The summed E-state index contributed by atoms with van der Waals surface area (Å²) in [5, 5.41) is 0. The lowest BCUT2D eigenvalue weighted by Crippen LogP contribution is -2.35. The molecule has 0 spiro atoms. The molecule has 1 rings (SSSR count). The molecular formula is C13H22N2. The zero-order valence-electron chi connectivity index (χ0n) is 10.2. The van der Waals surface area contributed by atoms with Crippen molar-refractivity contribution in [2.24, 2.45) is 5.73 Å². The lowest BCUT2D eigenvalue weighted by Gasteiger charge is -2.25. The van der Waals surface area contributed by atoms with E-state index >= 15 is 0 Å². The zero-order valence-corrected chi connectivity index (χ0v) is 10.2. The van der Waals surface area contributed by atoms with Crippen molar-refractivity contribution in [2.45, 2.75) is 33.7 Å². The summed E-state index contributed by atoms with van der Waals surface area (Å²) in [7, 11) is 0. The van der Waals surface area contributed by atoms with Crippen LogP contribution in [-0.2, 0) is 0 Å². The van der Waals surface area contributed by atoms with Gasteiger partial charge in [-0.05, 0) is 51.0 Å². The number of likely N-dealkylation sites (N-methyl/N-ethyl adjacent to an activating group) is 1. The summed E-state index contributed by atoms with van der Waals surface area (Å²) >= 11 is 0. The van der Waals surface area contributed by atoms with Gasteiger partial charge < -0.3 is 10.6 Å². The van der Waals surface area contributed by atoms with Crippen LogP contribution in [0.15, 0.2) is 18.2 Å². The molecule has 0 radical (unpaired) electrons. The Bertz CT molecular complexity index is 298. The normalized spacial score (nSPS) is 12.6. The predicted octanol–water partition coefficient (Wildman–Crippen LogP) is 2.48. The van der Waals surface area contributed by atoms with Crippen LogP contribution >= 0.6 is 0 Å². The maximum Gasteiger partial charge on any atom is 0.0371 e. The smallest absolute Gasteiger partial charge is 0.0371 e. The van der Waals surface area contributed by atoms with Crippen molar-refractivity contribution < 1.29 is 0 Å². The maximum atomic E-state index is 5.84. The Kier molecular flexibility index (Phi) is 4.15. The lowest BCUT2D eigenvalue weighted by molar-refractivity contribution is 0.689. The quantitative estimate of drug-likeness (QED) is 0.820. The standard InChI is InChI=1S/C13H22N2/c1-5-15(9-12(4)14)13-7-10(2)6-11(3)8-13/h6-8,12H,5,9,14H2,1-4H3. The van der Waals surface area contributed by atoms with E-state index in [4.69, 9.17) is 5.73 Å². The second kappa shape index (κ2) is 5.17. The van der Waals surface area contributed by atoms with Crippen LogP contribution in [0.25, 0.3) is 0 Å². The first-order chi connectivity index (χ1) is 7.02. The first-order valence-electron chi connectivity index (χ1n) is 5.61. The summed E-state index contributed by atoms with van der Waals surface area (Å²) in [5.74, 6) is 0. The van der Waals surface area contributed by atoms with Crippen LogP contribution in [-0.4, -0.2) is 19.1 Å². The molecule has 0 saturated heterocycles. The number of hydrogen-bond acceptors (Lipinski definition) is 2. The topological polar surface area (TPSA) is 29.3 Å². The third kappa shape index (κ3) is 3.56. The Morgan fingerprint density at radius 3 is 2.13 bits per heavy atom. The molecule has 0 bridgehead atoms. The van der Waals surface area contributed by atoms with E-state index in [1.807, 2.05) is 6.92 Å². The SMILES string of the molecule is CCN(CC(C)N)c1cc(C)cc(C)c1. The predicted molar refractivity (Wildman–Crippen MR) is 67.5 cm³/mol. The number of rotatable bonds is 4. The van der Waals surface area contributed by atoms with Gasteiger partial charge in [-0.15, -0.1) is 0 Å². The third-order valence-corrected chi connectivity index (χ3v) is 2.46. The summed E-state index contributed by atoms with van der Waals surface area (Å²) in [6.45, 7) is 10.4. The van der Waals surface area contributed by atoms with Crippen molar-refractivity contribution in [2.75, 3.05) is 18.0 Å². The van der Waals surface area contributed by atoms with Gasteiger partial charge in [0.2, 0.25) is 0 Å². The summed E-state index contributed by atoms with van der Waals surface area (Å²) in [4.78, 5) is 2.32. The Morgan fingerprint density at radius 1 is 1.20 bits per heavy atom. The fraction of sp³-hybridized carbons (Fsp3) is 0.538. The van der Waals surface area contributed by atoms with Gasteiger partial charge in [0.05, 0.1) is 0 Å². The minimum atomic E-state index is 0.214. The van der Waals surface area contributed by atoms with Gasteiger partial charge >= 0.3 is 0 Å². The molecule has 0 amide bonds. The summed E-state index contributed by atoms with van der Waals surface area (Å²) < 4.78 is 0. The number of aryl methyl sites for hydroxylation is 2. The van der Waals surface area contributed by atoms with Crippen LogP contribution < -0.4 is 10.6 Å². The highest BCUT2D eigenvalue weighted by molar-refractivity contribution is 5.50. The monoisotopic (exact) mass is 206 g/mol. The second-order valence-electron chi connectivity index (χ2n) is 4.36. The minimum absolute atomic E-state index is 0.214. The molecule has 1 aromatic carbocycles. The molecule has 2 N–H and O–H groups in total. The highest BCUT2D eigenvalue weighted by Crippen LogP contribution is 2.18. The second-order valence-corrected chi connectivity index (χ2v) is 4.36. The molecule has 0 aliphatic rings. The Balaban J connectivity index is 2.91. The van der Waals surface area contributed by atoms with Crippen LogP contribution in [0, 0.1) is 13.8 Å². The molecule has 0 aliphatic heterocycles. The van der Waals surface area contributed by atoms with Crippen LogP contribution in [0.4, 0.5) is 5.69 Å². The van der Waals surface area contributed by atoms with Gasteiger partial charge in [-0.25, -0.2) is 0 Å². The van der Waals surface area contributed by atoms with Crippen molar-refractivity contribution in [3.8, 4) is 0 Å². The molecule has 1 unspecified atom stereocenters. The van der Waals surface area contributed by atoms with Crippen molar-refractivity contribution in [3.63, 3.8) is 0 Å². The Hall–Kier alpha value is -1.02. The fourth-order valence-electron chi connectivity index (χ4n) is 1.90. The van der Waals surface area contributed by atoms with Crippen molar-refractivity contribution in [3.05, 3.63) is 29.3 Å². The van der Waals surface area contributed by atoms with Gasteiger partial charge in [0, 0.05) is 24.8 Å². The maximum absolute atomic E-state index is 5.84. The van der Waals surface area contributed by atoms with Gasteiger partial charge in [0.15, 0.2) is 0 Å². The van der Waals surface area contributed by atoms with Gasteiger partial charge in [0.1, 0.15) is 0 Å². The van der Waals surface area contributed by atoms with Crippen molar-refractivity contribution >= 4 is 5.69 Å². The summed E-state index contributed by atoms with van der Waals surface area (Å²) in [6.07, 6.45) is 0. The number of nitrogens with zero attached hydrogens (tertiary/aromatic N) is 1. The Morgan fingerprint density at radius 2 is 1.73 bits per heavy atom. The first kappa shape index (κ1) is 12.1. The van der Waals surface area contributed by atoms with E-state index in [0.717, 1.165) is 13.1 Å². The largest absolute Gasteiger partial charge is 0.370 e. The van der Waals surface area contributed by atoms with E-state index < -0.39 is 0 Å². The van der Waals surface area contributed by atoms with E-state index in [1.165, 1.54) is 16.8 Å². The molecule has 0 fully saturated rings. The number of hydrogen-bond donors (Lipinski definition) is 1. The Labute approximate surface area is 93.1 Å². The van der Waals surface area contributed by atoms with Crippen LogP contribution in [0.1, 0.15) is 25.0 Å². The van der Waals surface area contributed by atoms with Crippen molar-refractivity contribution in [1.82, 2.24) is 0 Å². The van der Waals surface area contributed by atoms with Crippen LogP contribution in [0.3, 0.4) is 0 Å². The highest BCUT2D eigenvalue weighted by Gasteiger charge is 2.07. The molecule has 0 aromatic heterocycles. The highest BCUT2D eigenvalue weighted by atomic mass is 15.1. The number of benzene rings is 1. The molecule has 2 heteroatoms. The van der Waals surface area contributed by atoms with Gasteiger partial charge in [0.25, 0.3) is 0 Å². The molecule has 1 aromatic rings. The molecule has 0 aliphatic carbocycles. The summed E-state index contributed by atoms with van der Waals surface area (Å²) in [5.41, 5.74) is 9.75. The van der Waals surface area contributed by atoms with Gasteiger partial charge in [-0.2, -0.15) is 0 Å². The molecule has 15 heavy (non-hydrogen) atoms. The lowest BCUT2D eigenvalue weighted by atomic mass is 10.1. The molecule has 0 saturated carbocycles. The average Bonchev–Trinajstić information content (AvgIpc) is 2.12. The van der Waals surface area contributed by atoms with E-state index in [9.17, 15) is 0 Å². The van der Waals surface area contributed by atoms with E-state index in [1.54, 1.807) is 0 Å². The van der Waals surface area contributed by atoms with Crippen LogP contribution in [0.2, 0.25) is 0 Å². The van der Waals surface area contributed by atoms with Gasteiger partial charge in [-0.1, -0.05) is 6.07 Å². The molecule has 1 atom stereocenters. The zero-order chi connectivity index (χ0) is 11.4.